The van der Waals surface area contributed by atoms with Gasteiger partial charge in [-0.15, -0.1) is 11.3 Å². The van der Waals surface area contributed by atoms with Gasteiger partial charge in [0.2, 0.25) is 0 Å². The van der Waals surface area contributed by atoms with E-state index < -0.39 is 18.0 Å². The molecule has 0 amide bonds. The number of carbonyl (C=O) groups is 2. The zero-order chi connectivity index (χ0) is 26.1. The lowest BCUT2D eigenvalue weighted by Gasteiger charge is -2.19. The average molecular weight is 517 g/mol. The maximum atomic E-state index is 13.4. The molecule has 36 heavy (non-hydrogen) atoms. The average Bonchev–Trinajstić information content (AvgIpc) is 3.31. The van der Waals surface area contributed by atoms with Crippen molar-refractivity contribution in [2.45, 2.75) is 32.9 Å². The van der Waals surface area contributed by atoms with Crippen molar-refractivity contribution >= 4 is 23.3 Å². The Balaban J connectivity index is 1.88. The summed E-state index contributed by atoms with van der Waals surface area (Å²) >= 11 is 1.15. The van der Waals surface area contributed by atoms with Gasteiger partial charge >= 0.3 is 11.9 Å². The topological polar surface area (TPSA) is 96.0 Å². The first-order chi connectivity index (χ1) is 17.4. The van der Waals surface area contributed by atoms with Crippen molar-refractivity contribution in [3.63, 3.8) is 0 Å². The maximum Gasteiger partial charge on any atom is 0.350 e. The Hall–Kier alpha value is -3.50. The largest absolute Gasteiger partial charge is 0.497 e. The van der Waals surface area contributed by atoms with Crippen molar-refractivity contribution in [3.8, 4) is 22.1 Å². The first-order valence-electron chi connectivity index (χ1n) is 11.4. The minimum Gasteiger partial charge on any atom is -0.497 e. The summed E-state index contributed by atoms with van der Waals surface area (Å²) in [6.07, 6.45) is 0.274. The Morgan fingerprint density at radius 1 is 1.03 bits per heavy atom. The van der Waals surface area contributed by atoms with E-state index in [1.165, 1.54) is 12.1 Å². The van der Waals surface area contributed by atoms with Gasteiger partial charge in [-0.25, -0.2) is 14.2 Å². The number of methoxy groups -OCH3 is 2. The van der Waals surface area contributed by atoms with Crippen LogP contribution < -0.4 is 14.8 Å². The van der Waals surface area contributed by atoms with Crippen LogP contribution in [0.5, 0.6) is 11.5 Å². The van der Waals surface area contributed by atoms with Crippen LogP contribution in [-0.4, -0.2) is 50.4 Å². The summed E-state index contributed by atoms with van der Waals surface area (Å²) in [4.78, 5) is 30.3. The van der Waals surface area contributed by atoms with Crippen LogP contribution in [0.2, 0.25) is 0 Å². The molecule has 3 aromatic rings. The molecule has 1 heterocycles. The van der Waals surface area contributed by atoms with Gasteiger partial charge in [-0.3, -0.25) is 10.1 Å². The number of nitrogens with one attached hydrogen (secondary N) is 1. The molecule has 8 nitrogen and oxygen atoms in total. The fourth-order valence-corrected chi connectivity index (χ4v) is 4.47. The molecule has 0 spiro atoms. The predicted molar refractivity (Wildman–Crippen MR) is 134 cm³/mol. The van der Waals surface area contributed by atoms with Crippen molar-refractivity contribution in [2.24, 2.45) is 0 Å². The Bertz CT molecular complexity index is 1180. The van der Waals surface area contributed by atoms with Gasteiger partial charge in [0.05, 0.1) is 33.1 Å². The summed E-state index contributed by atoms with van der Waals surface area (Å²) in [6, 6.07) is 10.5. The molecule has 0 radical (unpaired) electrons. The first kappa shape index (κ1) is 27.1. The number of esters is 2. The zero-order valence-corrected chi connectivity index (χ0v) is 21.4. The van der Waals surface area contributed by atoms with Gasteiger partial charge in [0.25, 0.3) is 0 Å². The van der Waals surface area contributed by atoms with E-state index in [0.29, 0.717) is 32.6 Å². The zero-order valence-electron chi connectivity index (χ0n) is 20.6. The number of thiazole rings is 1. The van der Waals surface area contributed by atoms with E-state index in [1.54, 1.807) is 52.3 Å². The standard InChI is InChI=1S/C26H29FN2O6S/c1-5-34-25(30)20(13-17-9-12-19(32-3)14-22(17)33-4)28-15-21-23(26(31)35-6-2)36-24(29-21)16-7-10-18(27)11-8-16/h7-12,14,20,28H,5-6,13,15H2,1-4H3. The van der Waals surface area contributed by atoms with E-state index in [0.717, 1.165) is 16.9 Å². The molecule has 1 atom stereocenters. The molecule has 0 saturated heterocycles. The fraction of sp³-hybridized carbons (Fsp3) is 0.346. The quantitative estimate of drug-likeness (QED) is 0.354. The van der Waals surface area contributed by atoms with E-state index in [9.17, 15) is 14.0 Å². The summed E-state index contributed by atoms with van der Waals surface area (Å²) in [5, 5.41) is 3.72. The van der Waals surface area contributed by atoms with Crippen molar-refractivity contribution < 1.29 is 32.9 Å². The lowest BCUT2D eigenvalue weighted by Crippen LogP contribution is -2.40. The molecule has 10 heteroatoms. The van der Waals surface area contributed by atoms with Crippen LogP contribution >= 0.6 is 11.3 Å². The molecule has 192 valence electrons. The lowest BCUT2D eigenvalue weighted by atomic mass is 10.0. The number of nitrogens with zero attached hydrogens (tertiary/aromatic N) is 1. The first-order valence-corrected chi connectivity index (χ1v) is 12.2. The van der Waals surface area contributed by atoms with Crippen molar-refractivity contribution in [2.75, 3.05) is 27.4 Å². The monoisotopic (exact) mass is 516 g/mol. The molecule has 1 aromatic heterocycles. The van der Waals surface area contributed by atoms with E-state index in [-0.39, 0.29) is 32.0 Å². The maximum absolute atomic E-state index is 13.4. The van der Waals surface area contributed by atoms with Gasteiger partial charge in [0.15, 0.2) is 0 Å². The van der Waals surface area contributed by atoms with Gasteiger partial charge in [0.1, 0.15) is 33.2 Å². The van der Waals surface area contributed by atoms with Crippen LogP contribution in [0, 0.1) is 5.82 Å². The number of hydrogen-bond acceptors (Lipinski definition) is 9. The van der Waals surface area contributed by atoms with Crippen LogP contribution in [0.15, 0.2) is 42.5 Å². The molecule has 0 aliphatic carbocycles. The van der Waals surface area contributed by atoms with Gasteiger partial charge < -0.3 is 18.9 Å². The third-order valence-electron chi connectivity index (χ3n) is 5.25. The van der Waals surface area contributed by atoms with Gasteiger partial charge in [-0.1, -0.05) is 6.07 Å². The highest BCUT2D eigenvalue weighted by molar-refractivity contribution is 7.17. The fourth-order valence-electron chi connectivity index (χ4n) is 3.49. The molecule has 0 fully saturated rings. The number of halogens is 1. The highest BCUT2D eigenvalue weighted by Gasteiger charge is 2.25. The summed E-state index contributed by atoms with van der Waals surface area (Å²) in [7, 11) is 3.11. The van der Waals surface area contributed by atoms with Gasteiger partial charge in [0, 0.05) is 24.6 Å². The number of carbonyl (C=O) groups excluding carboxylic acids is 2. The van der Waals surface area contributed by atoms with E-state index in [2.05, 4.69) is 10.3 Å². The second kappa shape index (κ2) is 13.0. The number of rotatable bonds is 12. The smallest absolute Gasteiger partial charge is 0.350 e. The van der Waals surface area contributed by atoms with Gasteiger partial charge in [-0.05, 0) is 49.7 Å². The minimum atomic E-state index is -0.738. The summed E-state index contributed by atoms with van der Waals surface area (Å²) in [6.45, 7) is 3.98. The second-order valence-electron chi connectivity index (χ2n) is 7.59. The summed E-state index contributed by atoms with van der Waals surface area (Å²) in [5.41, 5.74) is 1.87. The highest BCUT2D eigenvalue weighted by Crippen LogP contribution is 2.30. The molecule has 3 rings (SSSR count). The molecule has 0 bridgehead atoms. The molecule has 1 N–H and O–H groups in total. The molecule has 2 aromatic carbocycles. The minimum absolute atomic E-state index is 0.105. The van der Waals surface area contributed by atoms with Crippen molar-refractivity contribution in [1.29, 1.82) is 0 Å². The molecule has 0 saturated carbocycles. The van der Waals surface area contributed by atoms with E-state index >= 15 is 0 Å². The van der Waals surface area contributed by atoms with Crippen LogP contribution in [0.1, 0.15) is 34.8 Å². The molecular formula is C26H29FN2O6S. The normalized spacial score (nSPS) is 11.6. The van der Waals surface area contributed by atoms with Crippen LogP contribution in [-0.2, 0) is 27.2 Å². The Morgan fingerprint density at radius 2 is 1.75 bits per heavy atom. The van der Waals surface area contributed by atoms with E-state index in [1.807, 2.05) is 6.07 Å². The SMILES string of the molecule is CCOC(=O)c1sc(-c2ccc(F)cc2)nc1CNC(Cc1ccc(OC)cc1OC)C(=O)OCC. The van der Waals surface area contributed by atoms with Crippen molar-refractivity contribution in [1.82, 2.24) is 10.3 Å². The molecular weight excluding hydrogens is 487 g/mol. The van der Waals surface area contributed by atoms with Gasteiger partial charge in [-0.2, -0.15) is 0 Å². The van der Waals surface area contributed by atoms with Crippen LogP contribution in [0.4, 0.5) is 4.39 Å². The lowest BCUT2D eigenvalue weighted by molar-refractivity contribution is -0.145. The summed E-state index contributed by atoms with van der Waals surface area (Å²) < 4.78 is 34.6. The third kappa shape index (κ3) is 6.79. The molecule has 0 aliphatic heterocycles. The Kier molecular flexibility index (Phi) is 9.77. The Labute approximate surface area is 213 Å². The van der Waals surface area contributed by atoms with Crippen LogP contribution in [0.3, 0.4) is 0 Å². The van der Waals surface area contributed by atoms with Crippen molar-refractivity contribution in [3.05, 3.63) is 64.4 Å². The van der Waals surface area contributed by atoms with E-state index in [4.69, 9.17) is 18.9 Å². The predicted octanol–water partition coefficient (Wildman–Crippen LogP) is 4.41. The summed E-state index contributed by atoms with van der Waals surface area (Å²) in [5.74, 6) is -0.114. The molecule has 1 unspecified atom stereocenters. The highest BCUT2D eigenvalue weighted by atomic mass is 32.1. The van der Waals surface area contributed by atoms with Crippen LogP contribution in [0.25, 0.3) is 10.6 Å². The Morgan fingerprint density at radius 3 is 2.39 bits per heavy atom. The number of hydrogen-bond donors (Lipinski definition) is 1. The second-order valence-corrected chi connectivity index (χ2v) is 8.59. The number of ether oxygens (including phenoxy) is 4. The number of benzene rings is 2. The third-order valence-corrected chi connectivity index (χ3v) is 6.38. The number of aromatic nitrogens is 1. The molecule has 0 aliphatic rings.